The lowest BCUT2D eigenvalue weighted by molar-refractivity contribution is -0.120. The number of benzene rings is 2. The molecule has 162 valence electrons. The molecule has 2 aromatic rings. The lowest BCUT2D eigenvalue weighted by atomic mass is 9.89. The van der Waals surface area contributed by atoms with E-state index >= 15 is 0 Å². The number of hydrogen-bond donors (Lipinski definition) is 1. The van der Waals surface area contributed by atoms with Crippen LogP contribution in [0.15, 0.2) is 42.5 Å². The molecule has 0 aromatic heterocycles. The zero-order valence-electron chi connectivity index (χ0n) is 17.3. The molecule has 0 fully saturated rings. The number of anilines is 1. The van der Waals surface area contributed by atoms with Crippen LogP contribution in [0, 0.1) is 5.82 Å². The first-order chi connectivity index (χ1) is 14.0. The van der Waals surface area contributed by atoms with E-state index < -0.39 is 33.9 Å². The second kappa shape index (κ2) is 8.14. The molecule has 1 aliphatic rings. The summed E-state index contributed by atoms with van der Waals surface area (Å²) >= 11 is 0. The smallest absolute Gasteiger partial charge is 0.241 e. The number of nitrogens with zero attached hydrogens (tertiary/aromatic N) is 1. The van der Waals surface area contributed by atoms with Gasteiger partial charge in [-0.05, 0) is 50.2 Å². The maximum atomic E-state index is 13.2. The monoisotopic (exact) mass is 436 g/mol. The zero-order valence-corrected chi connectivity index (χ0v) is 18.1. The molecule has 0 spiro atoms. The van der Waals surface area contributed by atoms with Crippen molar-refractivity contribution in [1.29, 1.82) is 0 Å². The molecule has 1 N–H and O–H groups in total. The van der Waals surface area contributed by atoms with Crippen LogP contribution in [-0.2, 0) is 14.8 Å². The van der Waals surface area contributed by atoms with Crippen LogP contribution < -0.4 is 19.1 Å². The SMILES string of the molecule is COc1ccc2c(c1)OC(C)(C)CC2NC(=O)CN(c1ccc(F)cc1)S(C)(=O)=O. The van der Waals surface area contributed by atoms with Crippen LogP contribution in [0.25, 0.3) is 0 Å². The largest absolute Gasteiger partial charge is 0.497 e. The van der Waals surface area contributed by atoms with Crippen molar-refractivity contribution in [2.75, 3.05) is 24.2 Å². The summed E-state index contributed by atoms with van der Waals surface area (Å²) in [7, 11) is -2.19. The van der Waals surface area contributed by atoms with Crippen LogP contribution in [0.4, 0.5) is 10.1 Å². The molecule has 0 bridgehead atoms. The molecule has 1 heterocycles. The highest BCUT2D eigenvalue weighted by Crippen LogP contribution is 2.41. The van der Waals surface area contributed by atoms with Gasteiger partial charge in [-0.2, -0.15) is 0 Å². The lowest BCUT2D eigenvalue weighted by Gasteiger charge is -2.38. The summed E-state index contributed by atoms with van der Waals surface area (Å²) in [4.78, 5) is 12.8. The maximum Gasteiger partial charge on any atom is 0.241 e. The number of amides is 1. The van der Waals surface area contributed by atoms with Gasteiger partial charge in [-0.25, -0.2) is 12.8 Å². The Morgan fingerprint density at radius 3 is 2.53 bits per heavy atom. The second-order valence-electron chi connectivity index (χ2n) is 7.84. The van der Waals surface area contributed by atoms with Crippen molar-refractivity contribution in [3.63, 3.8) is 0 Å². The molecule has 30 heavy (non-hydrogen) atoms. The van der Waals surface area contributed by atoms with Crippen molar-refractivity contribution in [2.24, 2.45) is 0 Å². The minimum Gasteiger partial charge on any atom is -0.497 e. The van der Waals surface area contributed by atoms with Crippen LogP contribution in [-0.4, -0.2) is 39.8 Å². The molecule has 0 saturated carbocycles. The van der Waals surface area contributed by atoms with Crippen LogP contribution >= 0.6 is 0 Å². The van der Waals surface area contributed by atoms with E-state index in [-0.39, 0.29) is 11.7 Å². The van der Waals surface area contributed by atoms with E-state index in [0.717, 1.165) is 28.3 Å². The first kappa shape index (κ1) is 21.9. The summed E-state index contributed by atoms with van der Waals surface area (Å²) in [6.07, 6.45) is 1.51. The van der Waals surface area contributed by atoms with Gasteiger partial charge in [0.1, 0.15) is 29.5 Å². The average Bonchev–Trinajstić information content (AvgIpc) is 2.64. The van der Waals surface area contributed by atoms with Gasteiger partial charge < -0.3 is 14.8 Å². The van der Waals surface area contributed by atoms with Gasteiger partial charge in [0.25, 0.3) is 0 Å². The molecule has 1 atom stereocenters. The zero-order chi connectivity index (χ0) is 22.1. The fourth-order valence-electron chi connectivity index (χ4n) is 3.47. The number of sulfonamides is 1. The van der Waals surface area contributed by atoms with Gasteiger partial charge in [-0.15, -0.1) is 0 Å². The lowest BCUT2D eigenvalue weighted by Crippen LogP contribution is -2.45. The predicted molar refractivity (Wildman–Crippen MR) is 112 cm³/mol. The number of nitrogens with one attached hydrogen (secondary N) is 1. The normalized spacial score (nSPS) is 17.4. The van der Waals surface area contributed by atoms with Crippen molar-refractivity contribution >= 4 is 21.6 Å². The fourth-order valence-corrected chi connectivity index (χ4v) is 4.32. The molecule has 0 aliphatic carbocycles. The van der Waals surface area contributed by atoms with E-state index in [1.54, 1.807) is 19.2 Å². The number of carbonyl (C=O) groups is 1. The van der Waals surface area contributed by atoms with E-state index in [0.29, 0.717) is 17.9 Å². The number of ether oxygens (including phenoxy) is 2. The summed E-state index contributed by atoms with van der Waals surface area (Å²) in [5.74, 6) is 0.271. The third-order valence-corrected chi connectivity index (χ3v) is 5.96. The summed E-state index contributed by atoms with van der Waals surface area (Å²) in [6.45, 7) is 3.40. The average molecular weight is 437 g/mol. The Morgan fingerprint density at radius 2 is 1.93 bits per heavy atom. The van der Waals surface area contributed by atoms with Gasteiger partial charge >= 0.3 is 0 Å². The molecule has 1 aliphatic heterocycles. The Morgan fingerprint density at radius 1 is 1.27 bits per heavy atom. The Hall–Kier alpha value is -2.81. The van der Waals surface area contributed by atoms with Crippen molar-refractivity contribution in [3.8, 4) is 11.5 Å². The van der Waals surface area contributed by atoms with E-state index in [4.69, 9.17) is 9.47 Å². The van der Waals surface area contributed by atoms with Crippen molar-refractivity contribution < 1.29 is 27.1 Å². The van der Waals surface area contributed by atoms with Crippen molar-refractivity contribution in [1.82, 2.24) is 5.32 Å². The maximum absolute atomic E-state index is 13.2. The van der Waals surface area contributed by atoms with E-state index in [1.807, 2.05) is 19.9 Å². The third-order valence-electron chi connectivity index (χ3n) is 4.82. The number of carbonyl (C=O) groups excluding carboxylic acids is 1. The Bertz CT molecular complexity index is 1040. The number of halogens is 1. The topological polar surface area (TPSA) is 84.9 Å². The Kier molecular flexibility index (Phi) is 5.94. The number of fused-ring (bicyclic) bond motifs is 1. The van der Waals surface area contributed by atoms with Crippen molar-refractivity contribution in [2.45, 2.75) is 31.9 Å². The van der Waals surface area contributed by atoms with Gasteiger partial charge in [0.05, 0.1) is 25.1 Å². The molecule has 0 radical (unpaired) electrons. The van der Waals surface area contributed by atoms with E-state index in [2.05, 4.69) is 5.32 Å². The Labute approximate surface area is 175 Å². The van der Waals surface area contributed by atoms with E-state index in [9.17, 15) is 17.6 Å². The molecule has 1 unspecified atom stereocenters. The molecular formula is C21H25FN2O5S. The highest BCUT2D eigenvalue weighted by Gasteiger charge is 2.35. The predicted octanol–water partition coefficient (Wildman–Crippen LogP) is 3.02. The molecule has 0 saturated heterocycles. The molecule has 3 rings (SSSR count). The second-order valence-corrected chi connectivity index (χ2v) is 9.74. The fraction of sp³-hybridized carbons (Fsp3) is 0.381. The minimum absolute atomic E-state index is 0.214. The van der Waals surface area contributed by atoms with Gasteiger partial charge in [0.2, 0.25) is 15.9 Å². The standard InChI is InChI=1S/C21H25FN2O5S/c1-21(2)12-18(17-10-9-16(28-3)11-19(17)29-21)23-20(25)13-24(30(4,26)27)15-7-5-14(22)6-8-15/h5-11,18H,12-13H2,1-4H3,(H,23,25). The Balaban J connectivity index is 1.83. The molecular weight excluding hydrogens is 411 g/mol. The quantitative estimate of drug-likeness (QED) is 0.753. The van der Waals surface area contributed by atoms with Gasteiger partial charge in [0.15, 0.2) is 0 Å². The van der Waals surface area contributed by atoms with Gasteiger partial charge in [0, 0.05) is 18.1 Å². The first-order valence-corrected chi connectivity index (χ1v) is 11.2. The summed E-state index contributed by atoms with van der Waals surface area (Å²) in [6, 6.07) is 9.94. The van der Waals surface area contributed by atoms with E-state index in [1.165, 1.54) is 12.1 Å². The van der Waals surface area contributed by atoms with Crippen molar-refractivity contribution in [3.05, 3.63) is 53.8 Å². The number of hydrogen-bond acceptors (Lipinski definition) is 5. The van der Waals surface area contributed by atoms with Crippen LogP contribution in [0.1, 0.15) is 31.9 Å². The van der Waals surface area contributed by atoms with Gasteiger partial charge in [-0.3, -0.25) is 9.10 Å². The highest BCUT2D eigenvalue weighted by molar-refractivity contribution is 7.92. The summed E-state index contributed by atoms with van der Waals surface area (Å²) in [5, 5.41) is 2.91. The number of methoxy groups -OCH3 is 1. The highest BCUT2D eigenvalue weighted by atomic mass is 32.2. The molecule has 9 heteroatoms. The van der Waals surface area contributed by atoms with Crippen LogP contribution in [0.3, 0.4) is 0 Å². The number of rotatable bonds is 6. The minimum atomic E-state index is -3.75. The molecule has 2 aromatic carbocycles. The molecule has 7 nitrogen and oxygen atoms in total. The summed E-state index contributed by atoms with van der Waals surface area (Å²) in [5.41, 5.74) is 0.466. The summed E-state index contributed by atoms with van der Waals surface area (Å²) < 4.78 is 49.9. The molecule has 1 amide bonds. The van der Waals surface area contributed by atoms with Crippen LogP contribution in [0.2, 0.25) is 0 Å². The van der Waals surface area contributed by atoms with Gasteiger partial charge in [-0.1, -0.05) is 0 Å². The first-order valence-electron chi connectivity index (χ1n) is 9.38. The van der Waals surface area contributed by atoms with Crippen LogP contribution in [0.5, 0.6) is 11.5 Å². The third kappa shape index (κ3) is 5.02.